The molecule has 0 aliphatic heterocycles. The van der Waals surface area contributed by atoms with Crippen LogP contribution in [-0.2, 0) is 21.2 Å². The molecular formula is C25H37N3O6S. The minimum Gasteiger partial charge on any atom is -0.508 e. The number of aliphatic hydroxyl groups excluding tert-OH is 1. The third kappa shape index (κ3) is 9.04. The van der Waals surface area contributed by atoms with Gasteiger partial charge in [0.15, 0.2) is 0 Å². The summed E-state index contributed by atoms with van der Waals surface area (Å²) in [4.78, 5) is 12.6. The van der Waals surface area contributed by atoms with Crippen LogP contribution in [0.15, 0.2) is 53.4 Å². The Morgan fingerprint density at radius 3 is 2.14 bits per heavy atom. The van der Waals surface area contributed by atoms with Crippen molar-refractivity contribution in [3.05, 3.63) is 54.1 Å². The van der Waals surface area contributed by atoms with Gasteiger partial charge in [-0.05, 0) is 75.1 Å². The van der Waals surface area contributed by atoms with E-state index in [-0.39, 0.29) is 36.1 Å². The second kappa shape index (κ2) is 11.7. The molecule has 10 heteroatoms. The number of ether oxygens (including phenoxy) is 1. The first-order valence-corrected chi connectivity index (χ1v) is 12.9. The van der Waals surface area contributed by atoms with Crippen molar-refractivity contribution in [1.82, 2.24) is 9.62 Å². The highest BCUT2D eigenvalue weighted by molar-refractivity contribution is 7.89. The zero-order valence-corrected chi connectivity index (χ0v) is 21.7. The molecule has 0 unspecified atom stereocenters. The van der Waals surface area contributed by atoms with Crippen LogP contribution in [0.4, 0.5) is 10.5 Å². The lowest BCUT2D eigenvalue weighted by atomic mass is 10.0. The first-order valence-electron chi connectivity index (χ1n) is 11.5. The van der Waals surface area contributed by atoms with E-state index in [9.17, 15) is 23.4 Å². The summed E-state index contributed by atoms with van der Waals surface area (Å²) in [5, 5.41) is 23.4. The molecular weight excluding hydrogens is 470 g/mol. The van der Waals surface area contributed by atoms with Crippen LogP contribution >= 0.6 is 0 Å². The Balaban J connectivity index is 2.32. The number of alkyl carbamates (subject to hydrolysis) is 1. The average Bonchev–Trinajstić information content (AvgIpc) is 2.73. The third-order valence-corrected chi connectivity index (χ3v) is 6.88. The molecule has 0 aliphatic carbocycles. The minimum atomic E-state index is -3.94. The number of anilines is 1. The predicted octanol–water partition coefficient (Wildman–Crippen LogP) is 3.12. The number of amides is 1. The van der Waals surface area contributed by atoms with E-state index in [4.69, 9.17) is 10.5 Å². The standard InChI is InChI=1S/C25H37N3O6S/c1-17(2)15-28(35(32,33)21-12-8-19(26)9-13-21)16-23(30)22(27-24(31)34-25(3,4)5)14-18-6-10-20(29)11-7-18/h6-13,17,22-23,29-30H,14-16,26H2,1-5H3,(H,27,31)/t22-,23+/m0/s1. The summed E-state index contributed by atoms with van der Waals surface area (Å²) < 4.78 is 33.3. The van der Waals surface area contributed by atoms with E-state index in [0.29, 0.717) is 5.69 Å². The normalized spacial score (nSPS) is 14.1. The summed E-state index contributed by atoms with van der Waals surface area (Å²) in [7, 11) is -3.94. The van der Waals surface area contributed by atoms with Crippen molar-refractivity contribution in [2.24, 2.45) is 5.92 Å². The molecule has 9 nitrogen and oxygen atoms in total. The number of nitrogen functional groups attached to an aromatic ring is 1. The number of hydrogen-bond donors (Lipinski definition) is 4. The average molecular weight is 508 g/mol. The Labute approximate surface area is 208 Å². The summed E-state index contributed by atoms with van der Waals surface area (Å²) in [6.45, 7) is 8.85. The highest BCUT2D eigenvalue weighted by atomic mass is 32.2. The Kier molecular flexibility index (Phi) is 9.53. The van der Waals surface area contributed by atoms with Crippen LogP contribution in [0.2, 0.25) is 0 Å². The number of phenolic OH excluding ortho intramolecular Hbond substituents is 1. The van der Waals surface area contributed by atoms with Crippen molar-refractivity contribution in [1.29, 1.82) is 0 Å². The fourth-order valence-electron chi connectivity index (χ4n) is 3.43. The number of phenols is 1. The number of sulfonamides is 1. The number of carbonyl (C=O) groups excluding carboxylic acids is 1. The monoisotopic (exact) mass is 507 g/mol. The van der Waals surface area contributed by atoms with Gasteiger partial charge >= 0.3 is 6.09 Å². The van der Waals surface area contributed by atoms with Crippen molar-refractivity contribution in [3.8, 4) is 5.75 Å². The molecule has 2 atom stereocenters. The summed E-state index contributed by atoms with van der Waals surface area (Å²) >= 11 is 0. The third-order valence-electron chi connectivity index (χ3n) is 5.04. The van der Waals surface area contributed by atoms with Gasteiger partial charge in [-0.2, -0.15) is 4.31 Å². The van der Waals surface area contributed by atoms with E-state index < -0.39 is 33.9 Å². The fraction of sp³-hybridized carbons (Fsp3) is 0.480. The number of carbonyl (C=O) groups is 1. The van der Waals surface area contributed by atoms with E-state index in [2.05, 4.69) is 5.32 Å². The maximum absolute atomic E-state index is 13.4. The Morgan fingerprint density at radius 1 is 1.06 bits per heavy atom. The highest BCUT2D eigenvalue weighted by Crippen LogP contribution is 2.21. The Morgan fingerprint density at radius 2 is 1.63 bits per heavy atom. The zero-order chi connectivity index (χ0) is 26.4. The first kappa shape index (κ1) is 28.4. The number of aromatic hydroxyl groups is 1. The lowest BCUT2D eigenvalue weighted by Crippen LogP contribution is -2.51. The van der Waals surface area contributed by atoms with Crippen LogP contribution in [0.5, 0.6) is 5.75 Å². The summed E-state index contributed by atoms with van der Waals surface area (Å²) in [6.07, 6.45) is -1.78. The van der Waals surface area contributed by atoms with Crippen LogP contribution in [0.1, 0.15) is 40.2 Å². The molecule has 5 N–H and O–H groups in total. The largest absolute Gasteiger partial charge is 0.508 e. The number of rotatable bonds is 10. The van der Waals surface area contributed by atoms with Gasteiger partial charge in [0.25, 0.3) is 0 Å². The van der Waals surface area contributed by atoms with Gasteiger partial charge in [0.05, 0.1) is 17.0 Å². The molecule has 0 saturated heterocycles. The van der Waals surface area contributed by atoms with Gasteiger partial charge in [-0.25, -0.2) is 13.2 Å². The summed E-state index contributed by atoms with van der Waals surface area (Å²) in [5.74, 6) is 0.0729. The van der Waals surface area contributed by atoms with Gasteiger partial charge in [-0.1, -0.05) is 26.0 Å². The Hall–Kier alpha value is -2.82. The second-order valence-electron chi connectivity index (χ2n) is 9.98. The van der Waals surface area contributed by atoms with Crippen LogP contribution in [0.3, 0.4) is 0 Å². The van der Waals surface area contributed by atoms with E-state index in [1.165, 1.54) is 40.7 Å². The molecule has 194 valence electrons. The molecule has 35 heavy (non-hydrogen) atoms. The molecule has 0 aromatic heterocycles. The SMILES string of the molecule is CC(C)CN(C[C@@H](O)[C@H](Cc1ccc(O)cc1)NC(=O)OC(C)(C)C)S(=O)(=O)c1ccc(N)cc1. The molecule has 0 heterocycles. The fourth-order valence-corrected chi connectivity index (χ4v) is 5.05. The van der Waals surface area contributed by atoms with Gasteiger partial charge < -0.3 is 26.0 Å². The highest BCUT2D eigenvalue weighted by Gasteiger charge is 2.32. The molecule has 1 amide bonds. The maximum atomic E-state index is 13.4. The number of benzene rings is 2. The van der Waals surface area contributed by atoms with Crippen molar-refractivity contribution in [2.45, 2.75) is 63.7 Å². The van der Waals surface area contributed by atoms with Gasteiger partial charge in [-0.15, -0.1) is 0 Å². The first-order chi connectivity index (χ1) is 16.2. The lowest BCUT2D eigenvalue weighted by molar-refractivity contribution is 0.0400. The molecule has 0 saturated carbocycles. The zero-order valence-electron chi connectivity index (χ0n) is 20.9. The number of hydrogen-bond acceptors (Lipinski definition) is 7. The number of nitrogens with one attached hydrogen (secondary N) is 1. The molecule has 2 rings (SSSR count). The number of nitrogens with zero attached hydrogens (tertiary/aromatic N) is 1. The van der Waals surface area contributed by atoms with Crippen LogP contribution in [0, 0.1) is 5.92 Å². The number of nitrogens with two attached hydrogens (primary N) is 1. The summed E-state index contributed by atoms with van der Waals surface area (Å²) in [6, 6.07) is 11.4. The smallest absolute Gasteiger partial charge is 0.407 e. The predicted molar refractivity (Wildman–Crippen MR) is 135 cm³/mol. The van der Waals surface area contributed by atoms with Crippen LogP contribution < -0.4 is 11.1 Å². The molecule has 2 aromatic carbocycles. The minimum absolute atomic E-state index is 0.0138. The van der Waals surface area contributed by atoms with Gasteiger partial charge in [0, 0.05) is 18.8 Å². The molecule has 2 aromatic rings. The summed E-state index contributed by atoms with van der Waals surface area (Å²) in [5.41, 5.74) is 6.13. The van der Waals surface area contributed by atoms with E-state index in [0.717, 1.165) is 5.56 Å². The lowest BCUT2D eigenvalue weighted by Gasteiger charge is -2.31. The quantitative estimate of drug-likeness (QED) is 0.362. The van der Waals surface area contributed by atoms with E-state index in [1.54, 1.807) is 32.9 Å². The van der Waals surface area contributed by atoms with Gasteiger partial charge in [0.2, 0.25) is 10.0 Å². The van der Waals surface area contributed by atoms with E-state index in [1.807, 2.05) is 13.8 Å². The maximum Gasteiger partial charge on any atom is 0.407 e. The Bertz CT molecular complexity index is 1060. The van der Waals surface area contributed by atoms with Crippen LogP contribution in [0.25, 0.3) is 0 Å². The molecule has 0 fully saturated rings. The van der Waals surface area contributed by atoms with Crippen LogP contribution in [-0.4, -0.2) is 59.9 Å². The molecule has 0 bridgehead atoms. The van der Waals surface area contributed by atoms with Crippen molar-refractivity contribution >= 4 is 21.8 Å². The number of aliphatic hydroxyl groups is 1. The topological polar surface area (TPSA) is 142 Å². The second-order valence-corrected chi connectivity index (χ2v) is 11.9. The van der Waals surface area contributed by atoms with E-state index >= 15 is 0 Å². The van der Waals surface area contributed by atoms with Crippen molar-refractivity contribution in [3.63, 3.8) is 0 Å². The van der Waals surface area contributed by atoms with Crippen molar-refractivity contribution < 1.29 is 28.2 Å². The van der Waals surface area contributed by atoms with Crippen molar-refractivity contribution in [2.75, 3.05) is 18.8 Å². The molecule has 0 radical (unpaired) electrons. The molecule has 0 spiro atoms. The van der Waals surface area contributed by atoms with Gasteiger partial charge in [-0.3, -0.25) is 0 Å². The molecule has 0 aliphatic rings. The van der Waals surface area contributed by atoms with Gasteiger partial charge in [0.1, 0.15) is 11.4 Å².